The second kappa shape index (κ2) is 10.1. The highest BCUT2D eigenvalue weighted by Crippen LogP contribution is 2.42. The smallest absolute Gasteiger partial charge is 0.326 e. The number of rotatable bonds is 6. The molecule has 5 rings (SSSR count). The molecule has 2 heterocycles. The highest BCUT2D eigenvalue weighted by atomic mass is 32.1. The maximum absolute atomic E-state index is 13.5. The zero-order chi connectivity index (χ0) is 25.2. The molecule has 36 heavy (non-hydrogen) atoms. The van der Waals surface area contributed by atoms with Gasteiger partial charge < -0.3 is 10.1 Å². The lowest BCUT2D eigenvalue weighted by Crippen LogP contribution is -2.35. The summed E-state index contributed by atoms with van der Waals surface area (Å²) in [5.74, 6) is -1.08. The number of nitrogens with zero attached hydrogens (tertiary/aromatic N) is 2. The van der Waals surface area contributed by atoms with E-state index < -0.39 is 5.97 Å². The first-order valence-corrected chi connectivity index (χ1v) is 13.0. The van der Waals surface area contributed by atoms with Crippen molar-refractivity contribution in [3.8, 4) is 0 Å². The summed E-state index contributed by atoms with van der Waals surface area (Å²) in [4.78, 5) is 46.5. The number of aliphatic imine (C=N–C) groups is 1. The standard InChI is InChI=1S/C28H27N3O4S/c1-3-35-23(32)16-31-21-10-6-4-8-19(21)25(28(31)34)30-27-24(20-9-5-7-11-22(20)36-27)26(33)29-18-14-12-17(2)13-15-18/h4,6,8,10,12-15H,3,5,7,9,11,16H2,1-2H3,(H,29,33). The maximum Gasteiger partial charge on any atom is 0.326 e. The fourth-order valence-electron chi connectivity index (χ4n) is 4.66. The van der Waals surface area contributed by atoms with Crippen LogP contribution in [0.1, 0.15) is 51.7 Å². The first-order chi connectivity index (χ1) is 17.5. The van der Waals surface area contributed by atoms with Crippen LogP contribution in [0.25, 0.3) is 0 Å². The van der Waals surface area contributed by atoms with Crippen molar-refractivity contribution < 1.29 is 19.1 Å². The van der Waals surface area contributed by atoms with E-state index in [9.17, 15) is 14.4 Å². The Kier molecular flexibility index (Phi) is 6.69. The number of nitrogens with one attached hydrogen (secondary N) is 1. The topological polar surface area (TPSA) is 88.1 Å². The number of benzene rings is 2. The molecule has 0 fully saturated rings. The zero-order valence-electron chi connectivity index (χ0n) is 20.3. The molecule has 8 heteroatoms. The number of anilines is 2. The lowest BCUT2D eigenvalue weighted by atomic mass is 9.95. The second-order valence-electron chi connectivity index (χ2n) is 8.89. The Bertz CT molecular complexity index is 1370. The van der Waals surface area contributed by atoms with Crippen molar-refractivity contribution in [3.63, 3.8) is 0 Å². The number of para-hydroxylation sites is 1. The van der Waals surface area contributed by atoms with E-state index in [0.29, 0.717) is 27.5 Å². The van der Waals surface area contributed by atoms with Crippen LogP contribution in [0.15, 0.2) is 53.5 Å². The van der Waals surface area contributed by atoms with E-state index in [2.05, 4.69) is 5.32 Å². The fourth-order valence-corrected chi connectivity index (χ4v) is 5.92. The van der Waals surface area contributed by atoms with E-state index in [1.165, 1.54) is 16.2 Å². The number of hydrogen-bond donors (Lipinski definition) is 1. The Balaban J connectivity index is 1.55. The van der Waals surface area contributed by atoms with Crippen molar-refractivity contribution in [3.05, 3.63) is 75.7 Å². The molecule has 7 nitrogen and oxygen atoms in total. The van der Waals surface area contributed by atoms with Gasteiger partial charge in [0.2, 0.25) is 0 Å². The largest absolute Gasteiger partial charge is 0.465 e. The number of thiophene rings is 1. The molecule has 0 saturated carbocycles. The second-order valence-corrected chi connectivity index (χ2v) is 9.97. The molecule has 1 aromatic heterocycles. The van der Waals surface area contributed by atoms with Crippen LogP contribution in [-0.4, -0.2) is 36.6 Å². The van der Waals surface area contributed by atoms with Gasteiger partial charge in [0.05, 0.1) is 17.9 Å². The first-order valence-electron chi connectivity index (χ1n) is 12.1. The third-order valence-corrected chi connectivity index (χ3v) is 7.58. The molecule has 1 aliphatic carbocycles. The average Bonchev–Trinajstić information content (AvgIpc) is 3.36. The monoisotopic (exact) mass is 501 g/mol. The van der Waals surface area contributed by atoms with E-state index in [1.807, 2.05) is 49.4 Å². The Morgan fingerprint density at radius 2 is 1.83 bits per heavy atom. The number of carbonyl (C=O) groups is 3. The number of esters is 1. The number of carbonyl (C=O) groups excluding carboxylic acids is 3. The zero-order valence-corrected chi connectivity index (χ0v) is 21.1. The molecule has 2 amide bonds. The molecule has 0 spiro atoms. The van der Waals surface area contributed by atoms with E-state index >= 15 is 0 Å². The molecule has 0 radical (unpaired) electrons. The summed E-state index contributed by atoms with van der Waals surface area (Å²) >= 11 is 1.48. The number of aryl methyl sites for hydroxylation is 2. The third-order valence-electron chi connectivity index (χ3n) is 6.39. The molecule has 0 saturated heterocycles. The Labute approximate surface area is 213 Å². The van der Waals surface area contributed by atoms with E-state index in [1.54, 1.807) is 13.0 Å². The van der Waals surface area contributed by atoms with Gasteiger partial charge >= 0.3 is 5.97 Å². The summed E-state index contributed by atoms with van der Waals surface area (Å²) in [6, 6.07) is 14.9. The highest BCUT2D eigenvalue weighted by Gasteiger charge is 2.36. The maximum atomic E-state index is 13.5. The van der Waals surface area contributed by atoms with Gasteiger partial charge in [-0.25, -0.2) is 4.99 Å². The minimum Gasteiger partial charge on any atom is -0.465 e. The van der Waals surface area contributed by atoms with Crippen molar-refractivity contribution in [1.82, 2.24) is 0 Å². The summed E-state index contributed by atoms with van der Waals surface area (Å²) in [5.41, 5.74) is 4.87. The summed E-state index contributed by atoms with van der Waals surface area (Å²) < 4.78 is 5.07. The van der Waals surface area contributed by atoms with Crippen LogP contribution in [0.5, 0.6) is 0 Å². The predicted molar refractivity (Wildman–Crippen MR) is 142 cm³/mol. The van der Waals surface area contributed by atoms with Gasteiger partial charge in [-0.05, 0) is 63.3 Å². The van der Waals surface area contributed by atoms with Gasteiger partial charge in [-0.2, -0.15) is 0 Å². The molecule has 1 N–H and O–H groups in total. The third kappa shape index (κ3) is 4.56. The SMILES string of the molecule is CCOC(=O)CN1C(=O)C(=Nc2sc3c(c2C(=O)Nc2ccc(C)cc2)CCCC3)c2ccccc21. The first kappa shape index (κ1) is 23.9. The molecular weight excluding hydrogens is 474 g/mol. The molecule has 0 atom stereocenters. The van der Waals surface area contributed by atoms with Gasteiger partial charge in [-0.15, -0.1) is 11.3 Å². The number of amides is 2. The van der Waals surface area contributed by atoms with Crippen molar-refractivity contribution in [2.24, 2.45) is 4.99 Å². The van der Waals surface area contributed by atoms with Crippen LogP contribution in [0.4, 0.5) is 16.4 Å². The molecule has 184 valence electrons. The summed E-state index contributed by atoms with van der Waals surface area (Å²) in [5, 5.41) is 3.54. The van der Waals surface area contributed by atoms with Crippen LogP contribution in [-0.2, 0) is 27.2 Å². The van der Waals surface area contributed by atoms with Crippen LogP contribution in [0.3, 0.4) is 0 Å². The van der Waals surface area contributed by atoms with Gasteiger partial charge in [0, 0.05) is 16.1 Å². The van der Waals surface area contributed by atoms with Crippen molar-refractivity contribution >= 4 is 51.2 Å². The molecule has 3 aromatic rings. The lowest BCUT2D eigenvalue weighted by molar-refractivity contribution is -0.142. The van der Waals surface area contributed by atoms with Crippen LogP contribution in [0.2, 0.25) is 0 Å². The predicted octanol–water partition coefficient (Wildman–Crippen LogP) is 5.22. The quantitative estimate of drug-likeness (QED) is 0.469. The minimum atomic E-state index is -0.480. The highest BCUT2D eigenvalue weighted by molar-refractivity contribution is 7.16. The van der Waals surface area contributed by atoms with E-state index in [-0.39, 0.29) is 30.7 Å². The molecular formula is C28H27N3O4S. The number of hydrogen-bond acceptors (Lipinski definition) is 6. The van der Waals surface area contributed by atoms with Crippen LogP contribution >= 0.6 is 11.3 Å². The van der Waals surface area contributed by atoms with E-state index in [0.717, 1.165) is 41.7 Å². The van der Waals surface area contributed by atoms with Gasteiger partial charge in [-0.1, -0.05) is 35.9 Å². The average molecular weight is 502 g/mol. The fraction of sp³-hybridized carbons (Fsp3) is 0.286. The van der Waals surface area contributed by atoms with Crippen LogP contribution < -0.4 is 10.2 Å². The molecule has 0 bridgehead atoms. The minimum absolute atomic E-state index is 0.190. The Morgan fingerprint density at radius 3 is 2.61 bits per heavy atom. The van der Waals surface area contributed by atoms with Crippen molar-refractivity contribution in [1.29, 1.82) is 0 Å². The van der Waals surface area contributed by atoms with Crippen molar-refractivity contribution in [2.75, 3.05) is 23.4 Å². The summed E-state index contributed by atoms with van der Waals surface area (Å²) in [7, 11) is 0. The molecule has 2 aromatic carbocycles. The molecule has 0 unspecified atom stereocenters. The number of ether oxygens (including phenoxy) is 1. The van der Waals surface area contributed by atoms with Crippen molar-refractivity contribution in [2.45, 2.75) is 39.5 Å². The Morgan fingerprint density at radius 1 is 1.08 bits per heavy atom. The summed E-state index contributed by atoms with van der Waals surface area (Å²) in [6.07, 6.45) is 3.79. The summed E-state index contributed by atoms with van der Waals surface area (Å²) in [6.45, 7) is 3.77. The number of fused-ring (bicyclic) bond motifs is 2. The lowest BCUT2D eigenvalue weighted by Gasteiger charge is -2.15. The van der Waals surface area contributed by atoms with E-state index in [4.69, 9.17) is 9.73 Å². The molecule has 2 aliphatic rings. The van der Waals surface area contributed by atoms with Gasteiger partial charge in [0.15, 0.2) is 0 Å². The normalized spacial score (nSPS) is 15.6. The van der Waals surface area contributed by atoms with Crippen LogP contribution in [0, 0.1) is 6.92 Å². The Hall–Kier alpha value is -3.78. The van der Waals surface area contributed by atoms with Gasteiger partial charge in [0.1, 0.15) is 17.3 Å². The van der Waals surface area contributed by atoms with Gasteiger partial charge in [-0.3, -0.25) is 19.3 Å². The molecule has 1 aliphatic heterocycles. The van der Waals surface area contributed by atoms with Gasteiger partial charge in [0.25, 0.3) is 11.8 Å².